The lowest BCUT2D eigenvalue weighted by Crippen LogP contribution is -2.33. The first kappa shape index (κ1) is 14.2. The maximum absolute atomic E-state index is 12.9. The van der Waals surface area contributed by atoms with Crippen LogP contribution in [-0.4, -0.2) is 24.7 Å². The van der Waals surface area contributed by atoms with Gasteiger partial charge in [-0.3, -0.25) is 14.4 Å². The summed E-state index contributed by atoms with van der Waals surface area (Å²) >= 11 is 0. The van der Waals surface area contributed by atoms with Crippen LogP contribution in [0.5, 0.6) is 5.75 Å². The number of allylic oxidation sites excluding steroid dienone is 2. The van der Waals surface area contributed by atoms with Crippen molar-refractivity contribution in [2.24, 2.45) is 23.7 Å². The number of ketones is 1. The molecule has 2 fully saturated rings. The van der Waals surface area contributed by atoms with E-state index in [1.807, 2.05) is 0 Å². The van der Waals surface area contributed by atoms with E-state index >= 15 is 0 Å². The Kier molecular flexibility index (Phi) is 2.95. The van der Waals surface area contributed by atoms with Crippen molar-refractivity contribution < 1.29 is 19.1 Å². The number of methoxy groups -OCH3 is 1. The van der Waals surface area contributed by atoms with Crippen LogP contribution >= 0.6 is 0 Å². The molecule has 2 bridgehead atoms. The number of hydrogen-bond acceptors (Lipinski definition) is 4. The predicted octanol–water partition coefficient (Wildman–Crippen LogP) is 2.21. The van der Waals surface area contributed by atoms with E-state index in [2.05, 4.69) is 12.2 Å². The number of imide groups is 1. The highest BCUT2D eigenvalue weighted by Gasteiger charge is 2.59. The second-order valence-electron chi connectivity index (χ2n) is 6.45. The molecule has 1 saturated carbocycles. The molecule has 0 aromatic heterocycles. The highest BCUT2D eigenvalue weighted by atomic mass is 16.5. The molecule has 0 spiro atoms. The Labute approximate surface area is 133 Å². The van der Waals surface area contributed by atoms with Gasteiger partial charge in [-0.25, -0.2) is 4.90 Å². The Bertz CT molecular complexity index is 736. The summed E-state index contributed by atoms with van der Waals surface area (Å²) in [5, 5.41) is 0. The second kappa shape index (κ2) is 4.78. The van der Waals surface area contributed by atoms with Crippen molar-refractivity contribution in [2.45, 2.75) is 13.3 Å². The zero-order valence-electron chi connectivity index (χ0n) is 13.0. The minimum atomic E-state index is -0.261. The number of amides is 2. The summed E-state index contributed by atoms with van der Waals surface area (Å²) in [5.74, 6) is -0.230. The van der Waals surface area contributed by atoms with Crippen LogP contribution < -0.4 is 9.64 Å². The minimum absolute atomic E-state index is 0.116. The summed E-state index contributed by atoms with van der Waals surface area (Å²) in [4.78, 5) is 38.6. The number of benzene rings is 1. The van der Waals surface area contributed by atoms with Gasteiger partial charge in [0, 0.05) is 5.56 Å². The molecule has 2 amide bonds. The van der Waals surface area contributed by atoms with E-state index in [-0.39, 0.29) is 41.3 Å². The van der Waals surface area contributed by atoms with Crippen molar-refractivity contribution in [1.29, 1.82) is 0 Å². The van der Waals surface area contributed by atoms with Gasteiger partial charge in [0.25, 0.3) is 0 Å². The van der Waals surface area contributed by atoms with Gasteiger partial charge in [0.05, 0.1) is 24.6 Å². The average Bonchev–Trinajstić information content (AvgIpc) is 3.21. The van der Waals surface area contributed by atoms with E-state index in [0.717, 1.165) is 6.42 Å². The lowest BCUT2D eigenvalue weighted by atomic mass is 9.85. The summed E-state index contributed by atoms with van der Waals surface area (Å²) in [6.07, 6.45) is 5.01. The number of carbonyl (C=O) groups is 3. The van der Waals surface area contributed by atoms with Crippen LogP contribution in [-0.2, 0) is 9.59 Å². The monoisotopic (exact) mass is 311 g/mol. The molecule has 2 aliphatic carbocycles. The zero-order chi connectivity index (χ0) is 16.3. The van der Waals surface area contributed by atoms with Crippen molar-refractivity contribution in [1.82, 2.24) is 0 Å². The number of nitrogens with zero attached hydrogens (tertiary/aromatic N) is 1. The fourth-order valence-electron chi connectivity index (χ4n) is 4.22. The van der Waals surface area contributed by atoms with Crippen molar-refractivity contribution in [3.8, 4) is 5.75 Å². The van der Waals surface area contributed by atoms with Gasteiger partial charge >= 0.3 is 0 Å². The van der Waals surface area contributed by atoms with Crippen LogP contribution in [0.15, 0.2) is 30.4 Å². The summed E-state index contributed by atoms with van der Waals surface area (Å²) < 4.78 is 5.31. The number of carbonyl (C=O) groups excluding carboxylic acids is 3. The Balaban J connectivity index is 1.80. The largest absolute Gasteiger partial charge is 0.495 e. The molecule has 4 atom stereocenters. The number of anilines is 1. The number of rotatable bonds is 3. The van der Waals surface area contributed by atoms with Gasteiger partial charge < -0.3 is 4.74 Å². The molecule has 1 saturated heterocycles. The third-order valence-electron chi connectivity index (χ3n) is 5.30. The van der Waals surface area contributed by atoms with Crippen LogP contribution in [0.3, 0.4) is 0 Å². The van der Waals surface area contributed by atoms with Crippen molar-refractivity contribution in [2.75, 3.05) is 12.0 Å². The molecule has 0 N–H and O–H groups in total. The van der Waals surface area contributed by atoms with E-state index in [1.54, 1.807) is 18.2 Å². The molecular formula is C18H17NO4. The molecule has 0 unspecified atom stereocenters. The first-order valence-electron chi connectivity index (χ1n) is 7.78. The van der Waals surface area contributed by atoms with E-state index in [4.69, 9.17) is 4.74 Å². The van der Waals surface area contributed by atoms with Crippen LogP contribution in [0.1, 0.15) is 23.7 Å². The molecule has 23 heavy (non-hydrogen) atoms. The maximum atomic E-state index is 12.9. The third kappa shape index (κ3) is 1.82. The van der Waals surface area contributed by atoms with Gasteiger partial charge in [-0.1, -0.05) is 12.2 Å². The molecular weight excluding hydrogens is 294 g/mol. The smallest absolute Gasteiger partial charge is 0.238 e. The van der Waals surface area contributed by atoms with Crippen molar-refractivity contribution in [3.63, 3.8) is 0 Å². The molecule has 4 rings (SSSR count). The Morgan fingerprint density at radius 3 is 2.26 bits per heavy atom. The summed E-state index contributed by atoms with van der Waals surface area (Å²) in [7, 11) is 1.49. The van der Waals surface area contributed by atoms with Crippen LogP contribution in [0, 0.1) is 23.7 Å². The van der Waals surface area contributed by atoms with Crippen LogP contribution in [0.25, 0.3) is 0 Å². The molecule has 3 aliphatic rings. The van der Waals surface area contributed by atoms with Crippen LogP contribution in [0.4, 0.5) is 5.69 Å². The van der Waals surface area contributed by atoms with E-state index in [0.29, 0.717) is 17.0 Å². The van der Waals surface area contributed by atoms with Crippen molar-refractivity contribution in [3.05, 3.63) is 35.9 Å². The number of fused-ring (bicyclic) bond motifs is 5. The van der Waals surface area contributed by atoms with E-state index < -0.39 is 0 Å². The van der Waals surface area contributed by atoms with E-state index in [9.17, 15) is 14.4 Å². The second-order valence-corrected chi connectivity index (χ2v) is 6.45. The number of hydrogen-bond donors (Lipinski definition) is 0. The predicted molar refractivity (Wildman–Crippen MR) is 83.2 cm³/mol. The Morgan fingerprint density at radius 1 is 1.13 bits per heavy atom. The Morgan fingerprint density at radius 2 is 1.74 bits per heavy atom. The lowest BCUT2D eigenvalue weighted by Gasteiger charge is -2.20. The van der Waals surface area contributed by atoms with Crippen LogP contribution in [0.2, 0.25) is 0 Å². The standard InChI is InChI=1S/C18H17NO4/c1-9(20)10-5-6-14(23-2)13(8-10)19-17(21)15-11-3-4-12(7-11)16(15)18(19)22/h3-6,8,11-12,15-16H,7H2,1-2H3/t11-,12-,15-,16+/m0/s1. The normalized spacial score (nSPS) is 31.0. The SMILES string of the molecule is COc1ccc(C(C)=O)cc1N1C(=O)[C@@H]2[C@H](C1=O)[C@H]1C=C[C@H]2C1. The highest BCUT2D eigenvalue weighted by molar-refractivity contribution is 6.23. The first-order chi connectivity index (χ1) is 11.0. The van der Waals surface area contributed by atoms with Crippen molar-refractivity contribution >= 4 is 23.3 Å². The average molecular weight is 311 g/mol. The molecule has 0 radical (unpaired) electrons. The molecule has 5 nitrogen and oxygen atoms in total. The quantitative estimate of drug-likeness (QED) is 0.488. The fourth-order valence-corrected chi connectivity index (χ4v) is 4.22. The van der Waals surface area contributed by atoms with Gasteiger partial charge in [-0.15, -0.1) is 0 Å². The molecule has 1 aromatic rings. The van der Waals surface area contributed by atoms with Gasteiger partial charge in [-0.05, 0) is 43.4 Å². The maximum Gasteiger partial charge on any atom is 0.238 e. The molecule has 1 heterocycles. The van der Waals surface area contributed by atoms with Gasteiger partial charge in [-0.2, -0.15) is 0 Å². The first-order valence-corrected chi connectivity index (χ1v) is 7.78. The van der Waals surface area contributed by atoms with Gasteiger partial charge in [0.1, 0.15) is 5.75 Å². The summed E-state index contributed by atoms with van der Waals surface area (Å²) in [6.45, 7) is 1.46. The molecule has 5 heteroatoms. The number of ether oxygens (including phenoxy) is 1. The fraction of sp³-hybridized carbons (Fsp3) is 0.389. The lowest BCUT2D eigenvalue weighted by molar-refractivity contribution is -0.123. The number of Topliss-reactive ketones (excluding diaryl/α,β-unsaturated/α-hetero) is 1. The Hall–Kier alpha value is -2.43. The molecule has 1 aliphatic heterocycles. The minimum Gasteiger partial charge on any atom is -0.495 e. The van der Waals surface area contributed by atoms with E-state index in [1.165, 1.54) is 18.9 Å². The highest BCUT2D eigenvalue weighted by Crippen LogP contribution is 2.53. The summed E-state index contributed by atoms with van der Waals surface area (Å²) in [5.41, 5.74) is 0.837. The van der Waals surface area contributed by atoms with Gasteiger partial charge in [0.15, 0.2) is 5.78 Å². The zero-order valence-corrected chi connectivity index (χ0v) is 13.0. The third-order valence-corrected chi connectivity index (χ3v) is 5.30. The molecule has 1 aromatic carbocycles. The van der Waals surface area contributed by atoms with Gasteiger partial charge in [0.2, 0.25) is 11.8 Å². The molecule has 118 valence electrons. The topological polar surface area (TPSA) is 63.7 Å². The summed E-state index contributed by atoms with van der Waals surface area (Å²) in [6, 6.07) is 4.85.